The number of hydrogen-bond donors (Lipinski definition) is 1. The van der Waals surface area contributed by atoms with E-state index in [9.17, 15) is 9.90 Å². The highest BCUT2D eigenvalue weighted by molar-refractivity contribution is 5.81. The van der Waals surface area contributed by atoms with Gasteiger partial charge in [-0.25, -0.2) is 4.79 Å². The molecule has 4 bridgehead atoms. The van der Waals surface area contributed by atoms with E-state index in [0.717, 1.165) is 48.2 Å². The van der Waals surface area contributed by atoms with Gasteiger partial charge in [0.25, 0.3) is 0 Å². The molecule has 0 amide bonds. The second-order valence-corrected chi connectivity index (χ2v) is 12.4. The summed E-state index contributed by atoms with van der Waals surface area (Å²) in [6, 6.07) is 23.3. The topological polar surface area (TPSA) is 86.7 Å². The van der Waals surface area contributed by atoms with Gasteiger partial charge in [0.05, 0.1) is 6.10 Å². The van der Waals surface area contributed by atoms with Gasteiger partial charge in [-0.15, -0.1) is 0 Å². The Balaban J connectivity index is 1.22. The van der Waals surface area contributed by atoms with Crippen LogP contribution < -0.4 is 9.47 Å². The van der Waals surface area contributed by atoms with Crippen molar-refractivity contribution >= 4 is 5.97 Å². The third kappa shape index (κ3) is 3.85. The van der Waals surface area contributed by atoms with Crippen molar-refractivity contribution in [2.45, 2.75) is 67.2 Å². The summed E-state index contributed by atoms with van der Waals surface area (Å²) in [4.78, 5) is 16.9. The quantitative estimate of drug-likeness (QED) is 0.422. The van der Waals surface area contributed by atoms with Crippen LogP contribution in [0.1, 0.15) is 53.5 Å². The minimum Gasteiger partial charge on any atom is -0.454 e. The number of ether oxygens (including phenoxy) is 5. The fourth-order valence-corrected chi connectivity index (χ4v) is 8.37. The number of hydrogen-bond acceptors (Lipinski definition) is 8. The molecule has 1 aliphatic carbocycles. The third-order valence-electron chi connectivity index (χ3n) is 10.2. The molecule has 8 nitrogen and oxygen atoms in total. The predicted molar refractivity (Wildman–Crippen MR) is 152 cm³/mol. The van der Waals surface area contributed by atoms with E-state index in [4.69, 9.17) is 23.7 Å². The molecule has 0 radical (unpaired) electrons. The van der Waals surface area contributed by atoms with Crippen LogP contribution in [-0.2, 0) is 31.8 Å². The Hall–Kier alpha value is -3.43. The van der Waals surface area contributed by atoms with E-state index in [-0.39, 0.29) is 37.2 Å². The van der Waals surface area contributed by atoms with Gasteiger partial charge >= 0.3 is 5.97 Å². The molecule has 0 aromatic heterocycles. The second kappa shape index (κ2) is 9.54. The average molecular weight is 570 g/mol. The number of rotatable bonds is 7. The molecule has 3 aromatic rings. The number of carbonyl (C=O) groups excluding carboxylic acids is 1. The molecule has 42 heavy (non-hydrogen) atoms. The van der Waals surface area contributed by atoms with E-state index in [0.29, 0.717) is 17.9 Å². The van der Waals surface area contributed by atoms with Crippen molar-refractivity contribution in [1.29, 1.82) is 0 Å². The smallest absolute Gasteiger partial charge is 0.339 e. The number of aliphatic hydroxyl groups is 1. The molecule has 1 N–H and O–H groups in total. The van der Waals surface area contributed by atoms with Crippen molar-refractivity contribution in [1.82, 2.24) is 4.90 Å². The molecule has 5 heterocycles. The summed E-state index contributed by atoms with van der Waals surface area (Å²) in [6.45, 7) is 1.86. The molecule has 9 rings (SSSR count). The maximum absolute atomic E-state index is 14.4. The minimum absolute atomic E-state index is 0.120. The normalized spacial score (nSPS) is 30.6. The van der Waals surface area contributed by atoms with Gasteiger partial charge in [0, 0.05) is 44.4 Å². The first-order valence-electron chi connectivity index (χ1n) is 14.9. The molecule has 2 saturated heterocycles. The van der Waals surface area contributed by atoms with Crippen LogP contribution >= 0.6 is 0 Å². The van der Waals surface area contributed by atoms with Gasteiger partial charge in [0.2, 0.25) is 12.6 Å². The molecular formula is C34H35NO7. The Morgan fingerprint density at radius 2 is 1.64 bits per heavy atom. The first kappa shape index (κ1) is 26.2. The molecule has 3 aromatic carbocycles. The Kier molecular flexibility index (Phi) is 5.96. The summed E-state index contributed by atoms with van der Waals surface area (Å²) in [5, 5.41) is 12.2. The highest BCUT2D eigenvalue weighted by Gasteiger charge is 2.72. The van der Waals surface area contributed by atoms with E-state index in [1.807, 2.05) is 66.7 Å². The van der Waals surface area contributed by atoms with Crippen LogP contribution in [0.3, 0.4) is 0 Å². The summed E-state index contributed by atoms with van der Waals surface area (Å²) >= 11 is 0. The predicted octanol–water partition coefficient (Wildman–Crippen LogP) is 4.29. The van der Waals surface area contributed by atoms with Crippen molar-refractivity contribution < 1.29 is 33.6 Å². The Labute approximate surface area is 245 Å². The average Bonchev–Trinajstić information content (AvgIpc) is 3.63. The second-order valence-electron chi connectivity index (χ2n) is 12.4. The monoisotopic (exact) mass is 569 g/mol. The van der Waals surface area contributed by atoms with Gasteiger partial charge in [-0.1, -0.05) is 60.7 Å². The van der Waals surface area contributed by atoms with Crippen LogP contribution in [0, 0.1) is 0 Å². The maximum Gasteiger partial charge on any atom is 0.339 e. The molecule has 218 valence electrons. The van der Waals surface area contributed by atoms with E-state index in [1.165, 1.54) is 0 Å². The number of nitrogens with zero attached hydrogens (tertiary/aromatic N) is 1. The van der Waals surface area contributed by atoms with Crippen molar-refractivity contribution in [3.8, 4) is 11.5 Å². The molecule has 5 atom stereocenters. The molecular weight excluding hydrogens is 534 g/mol. The first-order valence-corrected chi connectivity index (χ1v) is 14.9. The lowest BCUT2D eigenvalue weighted by Gasteiger charge is -2.40. The van der Waals surface area contributed by atoms with E-state index >= 15 is 0 Å². The summed E-state index contributed by atoms with van der Waals surface area (Å²) < 4.78 is 31.3. The molecule has 2 unspecified atom stereocenters. The fourth-order valence-electron chi connectivity index (χ4n) is 8.37. The number of benzene rings is 3. The largest absolute Gasteiger partial charge is 0.454 e. The number of esters is 1. The van der Waals surface area contributed by atoms with Gasteiger partial charge in [-0.3, -0.25) is 4.90 Å². The summed E-state index contributed by atoms with van der Waals surface area (Å²) in [5.41, 5.74) is 1.69. The van der Waals surface area contributed by atoms with Crippen LogP contribution in [0.5, 0.6) is 11.5 Å². The van der Waals surface area contributed by atoms with Crippen LogP contribution in [0.25, 0.3) is 0 Å². The standard InChI is InChI=1S/C34H35NO7/c1-38-34-20-32-13-8-14-35(32)19-28(42-34)24-15-26-27(40-21-39-26)16-25(24)29(32)30(34)41-31(36)33(37,17-22-9-4-2-5-10-22)18-23-11-6-3-7-12-23/h2-7,9-12,15-16,28-30,37H,8,13-14,17-21H2,1H3/t28?,29-,30+,32+,34?/m1/s1. The highest BCUT2D eigenvalue weighted by Crippen LogP contribution is 2.65. The van der Waals surface area contributed by atoms with Crippen molar-refractivity contribution in [2.75, 3.05) is 27.0 Å². The first-order chi connectivity index (χ1) is 20.4. The molecule has 1 spiro atoms. The minimum atomic E-state index is -1.80. The van der Waals surface area contributed by atoms with Crippen LogP contribution in [-0.4, -0.2) is 66.0 Å². The number of carbonyl (C=O) groups is 1. The van der Waals surface area contributed by atoms with Crippen LogP contribution in [0.15, 0.2) is 72.8 Å². The summed E-state index contributed by atoms with van der Waals surface area (Å²) in [7, 11) is 1.64. The van der Waals surface area contributed by atoms with Gasteiger partial charge < -0.3 is 28.8 Å². The Bertz CT molecular complexity index is 1470. The van der Waals surface area contributed by atoms with Gasteiger partial charge in [0.1, 0.15) is 0 Å². The molecule has 5 aliphatic heterocycles. The van der Waals surface area contributed by atoms with Crippen LogP contribution in [0.4, 0.5) is 0 Å². The van der Waals surface area contributed by atoms with Gasteiger partial charge in [0.15, 0.2) is 23.2 Å². The van der Waals surface area contributed by atoms with Gasteiger partial charge in [-0.05, 0) is 53.8 Å². The molecule has 3 fully saturated rings. The Morgan fingerprint density at radius 3 is 2.29 bits per heavy atom. The molecule has 8 heteroatoms. The lowest BCUT2D eigenvalue weighted by atomic mass is 9.78. The zero-order valence-electron chi connectivity index (χ0n) is 23.7. The lowest BCUT2D eigenvalue weighted by molar-refractivity contribution is -0.284. The van der Waals surface area contributed by atoms with E-state index < -0.39 is 23.5 Å². The lowest BCUT2D eigenvalue weighted by Crippen LogP contribution is -2.53. The third-order valence-corrected chi connectivity index (χ3v) is 10.2. The van der Waals surface area contributed by atoms with Gasteiger partial charge in [-0.2, -0.15) is 0 Å². The Morgan fingerprint density at radius 1 is 1.00 bits per heavy atom. The molecule has 6 aliphatic rings. The zero-order chi connectivity index (χ0) is 28.5. The van der Waals surface area contributed by atoms with Crippen molar-refractivity contribution in [2.24, 2.45) is 0 Å². The van der Waals surface area contributed by atoms with E-state index in [1.54, 1.807) is 7.11 Å². The van der Waals surface area contributed by atoms with E-state index in [2.05, 4.69) is 11.0 Å². The fraction of sp³-hybridized carbons (Fsp3) is 0.441. The molecule has 1 saturated carbocycles. The van der Waals surface area contributed by atoms with Crippen molar-refractivity contribution in [3.05, 3.63) is 95.1 Å². The summed E-state index contributed by atoms with van der Waals surface area (Å²) in [5.74, 6) is -0.649. The maximum atomic E-state index is 14.4. The highest BCUT2D eigenvalue weighted by atomic mass is 16.7. The number of methoxy groups -OCH3 is 1. The zero-order valence-corrected chi connectivity index (χ0v) is 23.7. The SMILES string of the molecule is COC12C[C@]34CCCN3CC(O1)c1cc3c(cc1[C@@H]4[C@@H]2OC(=O)C(O)(Cc1ccccc1)Cc1ccccc1)OCO3. The summed E-state index contributed by atoms with van der Waals surface area (Å²) in [6.07, 6.45) is 1.77. The van der Waals surface area contributed by atoms with Crippen molar-refractivity contribution in [3.63, 3.8) is 0 Å². The number of fused-ring (bicyclic) bond motifs is 1. The van der Waals surface area contributed by atoms with Crippen LogP contribution in [0.2, 0.25) is 0 Å².